The van der Waals surface area contributed by atoms with Gasteiger partial charge in [-0.15, -0.1) is 0 Å². The second kappa shape index (κ2) is 5.59. The Bertz CT molecular complexity index is 456. The Kier molecular flexibility index (Phi) is 4.30. The fourth-order valence-electron chi connectivity index (χ4n) is 2.33. The highest BCUT2D eigenvalue weighted by Crippen LogP contribution is 2.24. The maximum atomic E-state index is 12.6. The van der Waals surface area contributed by atoms with E-state index in [0.717, 1.165) is 17.6 Å². The van der Waals surface area contributed by atoms with Gasteiger partial charge in [-0.3, -0.25) is 4.79 Å². The smallest absolute Gasteiger partial charge is 0.255 e. The zero-order chi connectivity index (χ0) is 13.3. The van der Waals surface area contributed by atoms with E-state index in [1.807, 2.05) is 11.0 Å². The fraction of sp³-hybridized carbons (Fsp3) is 0.462. The Morgan fingerprint density at radius 3 is 2.61 bits per heavy atom. The molecule has 2 atom stereocenters. The molecule has 5 heteroatoms. The number of carbonyl (C=O) groups is 1. The lowest BCUT2D eigenvalue weighted by Crippen LogP contribution is -2.57. The summed E-state index contributed by atoms with van der Waals surface area (Å²) in [7, 11) is 0. The summed E-state index contributed by atoms with van der Waals surface area (Å²) in [5.74, 6) is 0.0332. The predicted octanol–water partition coefficient (Wildman–Crippen LogP) is 2.92. The molecule has 0 aliphatic carbocycles. The number of rotatable bonds is 1. The lowest BCUT2D eigenvalue weighted by molar-refractivity contribution is 0.0543. The standard InChI is InChI=1S/C13H16BrClN2O/c1-8-6-16-7-9(2)17(8)13(18)11-5-10(15)3-4-12(11)14/h3-5,8-9,16H,6-7H2,1-2H3. The van der Waals surface area contributed by atoms with Crippen LogP contribution in [-0.2, 0) is 0 Å². The van der Waals surface area contributed by atoms with Crippen molar-refractivity contribution in [1.82, 2.24) is 10.2 Å². The summed E-state index contributed by atoms with van der Waals surface area (Å²) in [6.45, 7) is 5.76. The van der Waals surface area contributed by atoms with Crippen molar-refractivity contribution < 1.29 is 4.79 Å². The van der Waals surface area contributed by atoms with Crippen LogP contribution in [0.25, 0.3) is 0 Å². The van der Waals surface area contributed by atoms with E-state index in [9.17, 15) is 4.79 Å². The molecule has 3 nitrogen and oxygen atoms in total. The normalized spacial score (nSPS) is 24.1. The number of hydrogen-bond acceptors (Lipinski definition) is 2. The summed E-state index contributed by atoms with van der Waals surface area (Å²) < 4.78 is 0.787. The van der Waals surface area contributed by atoms with E-state index < -0.39 is 0 Å². The van der Waals surface area contributed by atoms with Crippen LogP contribution in [0.1, 0.15) is 24.2 Å². The van der Waals surface area contributed by atoms with E-state index in [1.54, 1.807) is 12.1 Å². The van der Waals surface area contributed by atoms with Gasteiger partial charge in [-0.05, 0) is 48.0 Å². The first-order chi connectivity index (χ1) is 8.50. The van der Waals surface area contributed by atoms with Gasteiger partial charge in [0, 0.05) is 34.7 Å². The molecule has 2 rings (SSSR count). The van der Waals surface area contributed by atoms with Crippen LogP contribution in [0.15, 0.2) is 22.7 Å². The molecular formula is C13H16BrClN2O. The van der Waals surface area contributed by atoms with Gasteiger partial charge >= 0.3 is 0 Å². The van der Waals surface area contributed by atoms with Gasteiger partial charge in [-0.1, -0.05) is 11.6 Å². The van der Waals surface area contributed by atoms with Crippen molar-refractivity contribution in [3.8, 4) is 0 Å². The number of carbonyl (C=O) groups excluding carboxylic acids is 1. The molecule has 1 aromatic carbocycles. The second-order valence-electron chi connectivity index (χ2n) is 4.69. The molecule has 1 amide bonds. The van der Waals surface area contributed by atoms with Gasteiger partial charge in [0.25, 0.3) is 5.91 Å². The number of nitrogens with zero attached hydrogens (tertiary/aromatic N) is 1. The Morgan fingerprint density at radius 2 is 2.00 bits per heavy atom. The molecular weight excluding hydrogens is 316 g/mol. The molecule has 98 valence electrons. The predicted molar refractivity (Wildman–Crippen MR) is 77.1 cm³/mol. The van der Waals surface area contributed by atoms with E-state index in [1.165, 1.54) is 0 Å². The van der Waals surface area contributed by atoms with Crippen LogP contribution < -0.4 is 5.32 Å². The number of piperazine rings is 1. The van der Waals surface area contributed by atoms with E-state index in [4.69, 9.17) is 11.6 Å². The Hall–Kier alpha value is -0.580. The van der Waals surface area contributed by atoms with E-state index in [-0.39, 0.29) is 18.0 Å². The average Bonchev–Trinajstić information content (AvgIpc) is 2.32. The van der Waals surface area contributed by atoms with Gasteiger partial charge in [0.1, 0.15) is 0 Å². The lowest BCUT2D eigenvalue weighted by Gasteiger charge is -2.39. The first-order valence-electron chi connectivity index (χ1n) is 5.99. The minimum atomic E-state index is 0.0332. The van der Waals surface area contributed by atoms with Crippen LogP contribution in [0.2, 0.25) is 5.02 Å². The molecule has 1 saturated heterocycles. The van der Waals surface area contributed by atoms with Gasteiger partial charge in [0.2, 0.25) is 0 Å². The highest BCUT2D eigenvalue weighted by molar-refractivity contribution is 9.10. The van der Waals surface area contributed by atoms with Crippen molar-refractivity contribution in [2.45, 2.75) is 25.9 Å². The summed E-state index contributed by atoms with van der Waals surface area (Å²) in [4.78, 5) is 14.5. The van der Waals surface area contributed by atoms with Gasteiger partial charge < -0.3 is 10.2 Å². The summed E-state index contributed by atoms with van der Waals surface area (Å²) in [6.07, 6.45) is 0. The molecule has 2 unspecified atom stereocenters. The van der Waals surface area contributed by atoms with Crippen molar-refractivity contribution in [2.75, 3.05) is 13.1 Å². The third-order valence-electron chi connectivity index (χ3n) is 3.22. The molecule has 1 aliphatic rings. The van der Waals surface area contributed by atoms with Crippen molar-refractivity contribution in [2.24, 2.45) is 0 Å². The zero-order valence-corrected chi connectivity index (χ0v) is 12.8. The molecule has 0 bridgehead atoms. The molecule has 1 fully saturated rings. The molecule has 1 aliphatic heterocycles. The minimum absolute atomic E-state index is 0.0332. The van der Waals surface area contributed by atoms with Crippen LogP contribution in [0, 0.1) is 0 Å². The first kappa shape index (κ1) is 13.8. The van der Waals surface area contributed by atoms with Crippen molar-refractivity contribution >= 4 is 33.4 Å². The van der Waals surface area contributed by atoms with E-state index in [2.05, 4.69) is 35.1 Å². The van der Waals surface area contributed by atoms with Crippen LogP contribution in [0.3, 0.4) is 0 Å². The second-order valence-corrected chi connectivity index (χ2v) is 5.98. The maximum Gasteiger partial charge on any atom is 0.255 e. The Balaban J connectivity index is 2.32. The molecule has 1 N–H and O–H groups in total. The first-order valence-corrected chi connectivity index (χ1v) is 7.16. The molecule has 1 aromatic rings. The summed E-state index contributed by atoms with van der Waals surface area (Å²) in [5.41, 5.74) is 0.628. The quantitative estimate of drug-likeness (QED) is 0.858. The van der Waals surface area contributed by atoms with Crippen LogP contribution in [0.5, 0.6) is 0 Å². The van der Waals surface area contributed by atoms with Gasteiger partial charge in [0.15, 0.2) is 0 Å². The Morgan fingerprint density at radius 1 is 1.39 bits per heavy atom. The number of benzene rings is 1. The largest absolute Gasteiger partial charge is 0.331 e. The number of nitrogens with one attached hydrogen (secondary N) is 1. The van der Waals surface area contributed by atoms with Crippen molar-refractivity contribution in [3.63, 3.8) is 0 Å². The Labute approximate surface area is 121 Å². The number of hydrogen-bond donors (Lipinski definition) is 1. The van der Waals surface area contributed by atoms with Crippen LogP contribution in [0.4, 0.5) is 0 Å². The monoisotopic (exact) mass is 330 g/mol. The molecule has 1 heterocycles. The summed E-state index contributed by atoms with van der Waals surface area (Å²) in [5, 5.41) is 3.90. The van der Waals surface area contributed by atoms with Gasteiger partial charge in [-0.2, -0.15) is 0 Å². The topological polar surface area (TPSA) is 32.3 Å². The molecule has 0 radical (unpaired) electrons. The van der Waals surface area contributed by atoms with Crippen LogP contribution >= 0.6 is 27.5 Å². The zero-order valence-electron chi connectivity index (χ0n) is 10.4. The van der Waals surface area contributed by atoms with Gasteiger partial charge in [-0.25, -0.2) is 0 Å². The van der Waals surface area contributed by atoms with Crippen molar-refractivity contribution in [1.29, 1.82) is 0 Å². The third-order valence-corrected chi connectivity index (χ3v) is 4.15. The van der Waals surface area contributed by atoms with Crippen molar-refractivity contribution in [3.05, 3.63) is 33.3 Å². The average molecular weight is 332 g/mol. The fourth-order valence-corrected chi connectivity index (χ4v) is 2.92. The van der Waals surface area contributed by atoms with Gasteiger partial charge in [0.05, 0.1) is 5.56 Å². The third kappa shape index (κ3) is 2.71. The summed E-state index contributed by atoms with van der Waals surface area (Å²) >= 11 is 9.38. The number of amides is 1. The SMILES string of the molecule is CC1CNCC(C)N1C(=O)c1cc(Cl)ccc1Br. The minimum Gasteiger partial charge on any atom is -0.331 e. The van der Waals surface area contributed by atoms with E-state index in [0.29, 0.717) is 10.6 Å². The molecule has 0 aromatic heterocycles. The lowest BCUT2D eigenvalue weighted by atomic mass is 10.1. The highest BCUT2D eigenvalue weighted by atomic mass is 79.9. The number of halogens is 2. The molecule has 0 saturated carbocycles. The highest BCUT2D eigenvalue weighted by Gasteiger charge is 2.30. The van der Waals surface area contributed by atoms with E-state index >= 15 is 0 Å². The molecule has 0 spiro atoms. The molecule has 18 heavy (non-hydrogen) atoms. The summed E-state index contributed by atoms with van der Waals surface area (Å²) in [6, 6.07) is 5.68. The maximum absolute atomic E-state index is 12.6. The van der Waals surface area contributed by atoms with Crippen LogP contribution in [-0.4, -0.2) is 36.0 Å².